The number of anilines is 1. The van der Waals surface area contributed by atoms with Crippen molar-refractivity contribution < 1.29 is 8.78 Å². The first-order valence-corrected chi connectivity index (χ1v) is 8.65. The van der Waals surface area contributed by atoms with E-state index >= 15 is 0 Å². The van der Waals surface area contributed by atoms with Crippen molar-refractivity contribution in [1.82, 2.24) is 29.1 Å². The number of hydrogen-bond donors (Lipinski definition) is 1. The van der Waals surface area contributed by atoms with Gasteiger partial charge in [0, 0.05) is 17.8 Å². The Hall–Kier alpha value is -3.10. The first kappa shape index (κ1) is 17.3. The number of rotatable bonds is 5. The van der Waals surface area contributed by atoms with Crippen molar-refractivity contribution in [3.8, 4) is 11.3 Å². The highest BCUT2D eigenvalue weighted by atomic mass is 19.3. The van der Waals surface area contributed by atoms with Crippen LogP contribution < -0.4 is 5.32 Å². The lowest BCUT2D eigenvalue weighted by atomic mass is 10.2. The van der Waals surface area contributed by atoms with E-state index in [0.29, 0.717) is 28.6 Å². The molecule has 1 N–H and O–H groups in total. The van der Waals surface area contributed by atoms with Gasteiger partial charge in [0.25, 0.3) is 6.43 Å². The summed E-state index contributed by atoms with van der Waals surface area (Å²) in [7, 11) is 0. The minimum Gasteiger partial charge on any atom is -0.351 e. The molecule has 9 heteroatoms. The van der Waals surface area contributed by atoms with Crippen LogP contribution in [-0.4, -0.2) is 41.6 Å². The summed E-state index contributed by atoms with van der Waals surface area (Å²) in [6.45, 7) is 5.30. The van der Waals surface area contributed by atoms with Gasteiger partial charge in [-0.2, -0.15) is 0 Å². The van der Waals surface area contributed by atoms with Gasteiger partial charge in [-0.15, -0.1) is 5.10 Å². The molecule has 4 rings (SSSR count). The van der Waals surface area contributed by atoms with Crippen molar-refractivity contribution in [3.63, 3.8) is 0 Å². The van der Waals surface area contributed by atoms with E-state index in [1.165, 1.54) is 4.57 Å². The van der Waals surface area contributed by atoms with Gasteiger partial charge >= 0.3 is 0 Å². The Labute approximate surface area is 154 Å². The molecule has 0 atom stereocenters. The highest BCUT2D eigenvalue weighted by Crippen LogP contribution is 2.26. The van der Waals surface area contributed by atoms with E-state index in [1.807, 2.05) is 32.2 Å². The molecule has 140 valence electrons. The second-order valence-electron chi connectivity index (χ2n) is 6.64. The Bertz CT molecular complexity index is 1110. The van der Waals surface area contributed by atoms with Crippen molar-refractivity contribution in [1.29, 1.82) is 0 Å². The fourth-order valence-corrected chi connectivity index (χ4v) is 3.06. The van der Waals surface area contributed by atoms with Crippen LogP contribution in [0.25, 0.3) is 27.9 Å². The largest absolute Gasteiger partial charge is 0.351 e. The van der Waals surface area contributed by atoms with Crippen LogP contribution in [-0.2, 0) is 6.54 Å². The van der Waals surface area contributed by atoms with Gasteiger partial charge in [0.2, 0.25) is 5.95 Å². The van der Waals surface area contributed by atoms with Crippen LogP contribution in [0.4, 0.5) is 14.7 Å². The van der Waals surface area contributed by atoms with Crippen LogP contribution in [0.15, 0.2) is 30.6 Å². The van der Waals surface area contributed by atoms with E-state index in [2.05, 4.69) is 25.4 Å². The quantitative estimate of drug-likeness (QED) is 0.581. The van der Waals surface area contributed by atoms with Crippen molar-refractivity contribution >= 4 is 22.6 Å². The zero-order valence-electron chi connectivity index (χ0n) is 15.2. The van der Waals surface area contributed by atoms with Gasteiger partial charge in [0.1, 0.15) is 11.3 Å². The zero-order valence-corrected chi connectivity index (χ0v) is 15.2. The smallest absolute Gasteiger partial charge is 0.256 e. The standard InChI is InChI=1S/C18H19F2N7/c1-10(2)22-18-21-8-15-12(6-7-27(15)25-18)13-4-5-14-17(24-13)26(9-16(19)20)11(3)23-14/h4-8,10,16H,9H2,1-3H3,(H,22,25). The SMILES string of the molecule is Cc1nc2ccc(-c3ccn4nc(NC(C)C)ncc34)nc2n1CC(F)F. The summed E-state index contributed by atoms with van der Waals surface area (Å²) < 4.78 is 29.0. The molecular formula is C18H19F2N7. The van der Waals surface area contributed by atoms with Crippen LogP contribution >= 0.6 is 0 Å². The van der Waals surface area contributed by atoms with Gasteiger partial charge < -0.3 is 9.88 Å². The number of nitrogens with one attached hydrogen (secondary N) is 1. The third kappa shape index (κ3) is 3.20. The third-order valence-corrected chi connectivity index (χ3v) is 4.21. The Morgan fingerprint density at radius 2 is 1.96 bits per heavy atom. The lowest BCUT2D eigenvalue weighted by Gasteiger charge is -2.08. The molecule has 0 aliphatic heterocycles. The lowest BCUT2D eigenvalue weighted by molar-refractivity contribution is 0.127. The maximum absolute atomic E-state index is 12.9. The molecule has 27 heavy (non-hydrogen) atoms. The summed E-state index contributed by atoms with van der Waals surface area (Å²) in [5.41, 5.74) is 3.32. The summed E-state index contributed by atoms with van der Waals surface area (Å²) in [4.78, 5) is 13.3. The fraction of sp³-hybridized carbons (Fsp3) is 0.333. The Kier molecular flexibility index (Phi) is 4.21. The molecule has 4 aromatic heterocycles. The van der Waals surface area contributed by atoms with E-state index in [-0.39, 0.29) is 6.04 Å². The van der Waals surface area contributed by atoms with Crippen LogP contribution in [0.5, 0.6) is 0 Å². The molecule has 0 saturated heterocycles. The van der Waals surface area contributed by atoms with Gasteiger partial charge in [-0.3, -0.25) is 0 Å². The van der Waals surface area contributed by atoms with E-state index in [9.17, 15) is 8.78 Å². The van der Waals surface area contributed by atoms with Crippen LogP contribution in [0.2, 0.25) is 0 Å². The van der Waals surface area contributed by atoms with E-state index in [4.69, 9.17) is 0 Å². The summed E-state index contributed by atoms with van der Waals surface area (Å²) >= 11 is 0. The zero-order chi connectivity index (χ0) is 19.1. The normalized spacial score (nSPS) is 12.0. The molecule has 0 amide bonds. The Morgan fingerprint density at radius 3 is 2.70 bits per heavy atom. The van der Waals surface area contributed by atoms with Gasteiger partial charge in [-0.05, 0) is 39.0 Å². The molecule has 0 unspecified atom stereocenters. The highest BCUT2D eigenvalue weighted by Gasteiger charge is 2.16. The van der Waals surface area contributed by atoms with Gasteiger partial charge in [-0.25, -0.2) is 28.2 Å². The van der Waals surface area contributed by atoms with E-state index in [0.717, 1.165) is 11.1 Å². The maximum atomic E-state index is 12.9. The number of halogens is 2. The number of aromatic nitrogens is 6. The number of imidazole rings is 1. The second-order valence-corrected chi connectivity index (χ2v) is 6.64. The molecule has 0 saturated carbocycles. The first-order valence-electron chi connectivity index (χ1n) is 8.65. The molecule has 0 spiro atoms. The Balaban J connectivity index is 1.79. The van der Waals surface area contributed by atoms with Crippen LogP contribution in [0.1, 0.15) is 19.7 Å². The molecule has 4 heterocycles. The highest BCUT2D eigenvalue weighted by molar-refractivity contribution is 5.82. The topological polar surface area (TPSA) is 72.9 Å². The van der Waals surface area contributed by atoms with Crippen molar-refractivity contribution in [2.75, 3.05) is 5.32 Å². The summed E-state index contributed by atoms with van der Waals surface area (Å²) in [6, 6.07) is 5.74. The van der Waals surface area contributed by atoms with Crippen molar-refractivity contribution in [2.24, 2.45) is 0 Å². The number of alkyl halides is 2. The molecule has 0 aliphatic carbocycles. The van der Waals surface area contributed by atoms with Crippen molar-refractivity contribution in [2.45, 2.75) is 39.8 Å². The number of pyridine rings is 1. The monoisotopic (exact) mass is 371 g/mol. The fourth-order valence-electron chi connectivity index (χ4n) is 3.06. The average Bonchev–Trinajstić information content (AvgIpc) is 3.15. The van der Waals surface area contributed by atoms with Gasteiger partial charge in [0.15, 0.2) is 5.65 Å². The maximum Gasteiger partial charge on any atom is 0.256 e. The molecule has 0 aromatic carbocycles. The second kappa shape index (κ2) is 6.57. The first-order chi connectivity index (χ1) is 12.9. The minimum atomic E-state index is -2.47. The minimum absolute atomic E-state index is 0.222. The number of fused-ring (bicyclic) bond motifs is 2. The number of aryl methyl sites for hydroxylation is 1. The molecule has 4 aromatic rings. The molecule has 0 bridgehead atoms. The number of nitrogens with zero attached hydrogens (tertiary/aromatic N) is 6. The third-order valence-electron chi connectivity index (χ3n) is 4.21. The summed E-state index contributed by atoms with van der Waals surface area (Å²) in [5, 5.41) is 7.59. The predicted octanol–water partition coefficient (Wildman–Crippen LogP) is 3.53. The predicted molar refractivity (Wildman–Crippen MR) is 99.0 cm³/mol. The summed E-state index contributed by atoms with van der Waals surface area (Å²) in [6.07, 6.45) is 1.08. The van der Waals surface area contributed by atoms with Gasteiger partial charge in [0.05, 0.1) is 24.0 Å². The van der Waals surface area contributed by atoms with Gasteiger partial charge in [-0.1, -0.05) is 0 Å². The van der Waals surface area contributed by atoms with E-state index in [1.54, 1.807) is 23.7 Å². The van der Waals surface area contributed by atoms with Crippen LogP contribution in [0, 0.1) is 6.92 Å². The number of hydrogen-bond acceptors (Lipinski definition) is 5. The Morgan fingerprint density at radius 1 is 1.15 bits per heavy atom. The lowest BCUT2D eigenvalue weighted by Crippen LogP contribution is -2.13. The van der Waals surface area contributed by atoms with E-state index < -0.39 is 13.0 Å². The molecular weight excluding hydrogens is 352 g/mol. The molecule has 0 radical (unpaired) electrons. The summed E-state index contributed by atoms with van der Waals surface area (Å²) in [5.74, 6) is 1.05. The van der Waals surface area contributed by atoms with Crippen LogP contribution in [0.3, 0.4) is 0 Å². The molecule has 0 aliphatic rings. The molecule has 0 fully saturated rings. The molecule has 7 nitrogen and oxygen atoms in total. The average molecular weight is 371 g/mol. The van der Waals surface area contributed by atoms with Crippen molar-refractivity contribution in [3.05, 3.63) is 36.4 Å².